The van der Waals surface area contributed by atoms with E-state index in [9.17, 15) is 4.79 Å². The molecular weight excluding hydrogens is 306 g/mol. The Morgan fingerprint density at radius 2 is 2.00 bits per heavy atom. The highest BCUT2D eigenvalue weighted by atomic mass is 16.5. The molecule has 2 aromatic rings. The number of carbonyl (C=O) groups excluding carboxylic acids is 1. The molecule has 1 aromatic heterocycles. The van der Waals surface area contributed by atoms with Crippen molar-refractivity contribution in [2.45, 2.75) is 19.4 Å². The van der Waals surface area contributed by atoms with Crippen LogP contribution in [0.4, 0.5) is 0 Å². The second kappa shape index (κ2) is 7.49. The Morgan fingerprint density at radius 3 is 2.67 bits per heavy atom. The van der Waals surface area contributed by atoms with E-state index in [1.807, 2.05) is 41.1 Å². The Kier molecular flexibility index (Phi) is 5.15. The van der Waals surface area contributed by atoms with Gasteiger partial charge in [0.05, 0.1) is 19.3 Å². The van der Waals surface area contributed by atoms with Crippen LogP contribution in [0.3, 0.4) is 0 Å². The lowest BCUT2D eigenvalue weighted by molar-refractivity contribution is -0.131. The molecule has 0 aliphatic carbocycles. The number of likely N-dealkylation sites (tertiary alicyclic amines) is 1. The minimum atomic E-state index is 0.189. The molecule has 0 atom stereocenters. The SMILES string of the molecule is COc1ccc(-c2nc(CN(C)CC(=O)N3CCCC3)co2)cc1. The van der Waals surface area contributed by atoms with Crippen LogP contribution in [0.25, 0.3) is 11.5 Å². The van der Waals surface area contributed by atoms with Crippen LogP contribution in [0.2, 0.25) is 0 Å². The fraction of sp³-hybridized carbons (Fsp3) is 0.444. The summed E-state index contributed by atoms with van der Waals surface area (Å²) in [5, 5.41) is 0. The van der Waals surface area contributed by atoms with E-state index >= 15 is 0 Å². The number of hydrogen-bond donors (Lipinski definition) is 0. The molecule has 0 N–H and O–H groups in total. The number of hydrogen-bond acceptors (Lipinski definition) is 5. The van der Waals surface area contributed by atoms with Gasteiger partial charge in [0, 0.05) is 25.2 Å². The molecule has 0 spiro atoms. The van der Waals surface area contributed by atoms with Crippen molar-refractivity contribution in [3.05, 3.63) is 36.2 Å². The zero-order valence-electron chi connectivity index (χ0n) is 14.2. The van der Waals surface area contributed by atoms with Gasteiger partial charge in [-0.05, 0) is 44.2 Å². The van der Waals surface area contributed by atoms with Gasteiger partial charge in [-0.1, -0.05) is 0 Å². The average Bonchev–Trinajstić information content (AvgIpc) is 3.26. The standard InChI is InChI=1S/C18H23N3O3/c1-20(12-17(22)21-9-3-4-10-21)11-15-13-24-18(19-15)14-5-7-16(23-2)8-6-14/h5-8,13H,3-4,9-12H2,1-2H3. The summed E-state index contributed by atoms with van der Waals surface area (Å²) in [6, 6.07) is 7.57. The Bertz CT molecular complexity index is 675. The smallest absolute Gasteiger partial charge is 0.236 e. The number of likely N-dealkylation sites (N-methyl/N-ethyl adjacent to an activating group) is 1. The first-order valence-corrected chi connectivity index (χ1v) is 8.21. The normalized spacial score (nSPS) is 14.4. The van der Waals surface area contributed by atoms with E-state index in [2.05, 4.69) is 4.98 Å². The molecule has 1 aliphatic heterocycles. The van der Waals surface area contributed by atoms with Gasteiger partial charge in [0.2, 0.25) is 11.8 Å². The molecule has 6 heteroatoms. The van der Waals surface area contributed by atoms with Crippen LogP contribution < -0.4 is 4.74 Å². The van der Waals surface area contributed by atoms with Gasteiger partial charge in [-0.15, -0.1) is 0 Å². The maximum atomic E-state index is 12.2. The van der Waals surface area contributed by atoms with Crippen LogP contribution in [-0.2, 0) is 11.3 Å². The van der Waals surface area contributed by atoms with Crippen LogP contribution in [0, 0.1) is 0 Å². The lowest BCUT2D eigenvalue weighted by atomic mass is 10.2. The highest BCUT2D eigenvalue weighted by Crippen LogP contribution is 2.22. The summed E-state index contributed by atoms with van der Waals surface area (Å²) in [7, 11) is 3.56. The molecule has 1 saturated heterocycles. The molecule has 0 saturated carbocycles. The van der Waals surface area contributed by atoms with Gasteiger partial charge in [0.15, 0.2) is 0 Å². The molecular formula is C18H23N3O3. The van der Waals surface area contributed by atoms with Crippen LogP contribution >= 0.6 is 0 Å². The topological polar surface area (TPSA) is 58.8 Å². The van der Waals surface area contributed by atoms with E-state index < -0.39 is 0 Å². The number of amides is 1. The number of nitrogens with zero attached hydrogens (tertiary/aromatic N) is 3. The Hall–Kier alpha value is -2.34. The van der Waals surface area contributed by atoms with Crippen molar-refractivity contribution in [2.75, 3.05) is 33.8 Å². The number of methoxy groups -OCH3 is 1. The molecule has 0 bridgehead atoms. The summed E-state index contributed by atoms with van der Waals surface area (Å²) in [5.41, 5.74) is 1.72. The first kappa shape index (κ1) is 16.5. The van der Waals surface area contributed by atoms with Gasteiger partial charge in [-0.2, -0.15) is 0 Å². The van der Waals surface area contributed by atoms with Gasteiger partial charge in [0.25, 0.3) is 0 Å². The fourth-order valence-corrected chi connectivity index (χ4v) is 2.88. The number of oxazole rings is 1. The summed E-state index contributed by atoms with van der Waals surface area (Å²) in [6.07, 6.45) is 3.88. The summed E-state index contributed by atoms with van der Waals surface area (Å²) in [5.74, 6) is 1.56. The zero-order chi connectivity index (χ0) is 16.9. The van der Waals surface area contributed by atoms with E-state index in [1.54, 1.807) is 13.4 Å². The summed E-state index contributed by atoms with van der Waals surface area (Å²) < 4.78 is 10.7. The highest BCUT2D eigenvalue weighted by Gasteiger charge is 2.19. The molecule has 3 rings (SSSR count). The predicted octanol–water partition coefficient (Wildman–Crippen LogP) is 2.40. The van der Waals surface area contributed by atoms with Crippen molar-refractivity contribution in [2.24, 2.45) is 0 Å². The van der Waals surface area contributed by atoms with Crippen LogP contribution in [0.15, 0.2) is 34.9 Å². The summed E-state index contributed by atoms with van der Waals surface area (Å²) in [4.78, 5) is 20.6. The quantitative estimate of drug-likeness (QED) is 0.814. The van der Waals surface area contributed by atoms with Crippen molar-refractivity contribution >= 4 is 5.91 Å². The molecule has 128 valence electrons. The van der Waals surface area contributed by atoms with Crippen LogP contribution in [0.5, 0.6) is 5.75 Å². The number of benzene rings is 1. The van der Waals surface area contributed by atoms with Crippen molar-refractivity contribution in [1.29, 1.82) is 0 Å². The van der Waals surface area contributed by atoms with E-state index in [1.165, 1.54) is 0 Å². The maximum Gasteiger partial charge on any atom is 0.236 e. The molecule has 1 fully saturated rings. The fourth-order valence-electron chi connectivity index (χ4n) is 2.88. The molecule has 6 nitrogen and oxygen atoms in total. The minimum Gasteiger partial charge on any atom is -0.497 e. The second-order valence-corrected chi connectivity index (χ2v) is 6.13. The van der Waals surface area contributed by atoms with Gasteiger partial charge in [0.1, 0.15) is 12.0 Å². The first-order valence-electron chi connectivity index (χ1n) is 8.21. The monoisotopic (exact) mass is 329 g/mol. The lowest BCUT2D eigenvalue weighted by Gasteiger charge is -2.20. The van der Waals surface area contributed by atoms with Crippen LogP contribution in [-0.4, -0.2) is 54.5 Å². The third-order valence-corrected chi connectivity index (χ3v) is 4.18. The van der Waals surface area contributed by atoms with E-state index in [4.69, 9.17) is 9.15 Å². The van der Waals surface area contributed by atoms with Gasteiger partial charge < -0.3 is 14.1 Å². The first-order chi connectivity index (χ1) is 11.7. The minimum absolute atomic E-state index is 0.189. The molecule has 2 heterocycles. The molecule has 0 radical (unpaired) electrons. The number of ether oxygens (including phenoxy) is 1. The Labute approximate surface area is 142 Å². The summed E-state index contributed by atoms with van der Waals surface area (Å²) >= 11 is 0. The third-order valence-electron chi connectivity index (χ3n) is 4.18. The molecule has 1 aromatic carbocycles. The van der Waals surface area contributed by atoms with Crippen molar-refractivity contribution in [1.82, 2.24) is 14.8 Å². The maximum absolute atomic E-state index is 12.2. The molecule has 1 aliphatic rings. The lowest BCUT2D eigenvalue weighted by Crippen LogP contribution is -2.37. The van der Waals surface area contributed by atoms with Gasteiger partial charge >= 0.3 is 0 Å². The summed E-state index contributed by atoms with van der Waals surface area (Å²) in [6.45, 7) is 2.76. The van der Waals surface area contributed by atoms with E-state index in [0.29, 0.717) is 19.0 Å². The zero-order valence-corrected chi connectivity index (χ0v) is 14.2. The number of carbonyl (C=O) groups is 1. The van der Waals surface area contributed by atoms with Crippen molar-refractivity contribution < 1.29 is 13.9 Å². The molecule has 0 unspecified atom stereocenters. The van der Waals surface area contributed by atoms with E-state index in [0.717, 1.165) is 42.9 Å². The Balaban J connectivity index is 1.57. The molecule has 1 amide bonds. The Morgan fingerprint density at radius 1 is 1.29 bits per heavy atom. The second-order valence-electron chi connectivity index (χ2n) is 6.13. The average molecular weight is 329 g/mol. The van der Waals surface area contributed by atoms with Crippen LogP contribution in [0.1, 0.15) is 18.5 Å². The van der Waals surface area contributed by atoms with Gasteiger partial charge in [-0.25, -0.2) is 4.98 Å². The van der Waals surface area contributed by atoms with Crippen molar-refractivity contribution in [3.63, 3.8) is 0 Å². The largest absolute Gasteiger partial charge is 0.497 e. The highest BCUT2D eigenvalue weighted by molar-refractivity contribution is 5.78. The molecule has 24 heavy (non-hydrogen) atoms. The third kappa shape index (κ3) is 3.94. The van der Waals surface area contributed by atoms with E-state index in [-0.39, 0.29) is 5.91 Å². The predicted molar refractivity (Wildman–Crippen MR) is 90.6 cm³/mol. The number of rotatable bonds is 6. The van der Waals surface area contributed by atoms with Gasteiger partial charge in [-0.3, -0.25) is 9.69 Å². The number of aromatic nitrogens is 1. The van der Waals surface area contributed by atoms with Crippen molar-refractivity contribution in [3.8, 4) is 17.2 Å².